The van der Waals surface area contributed by atoms with Gasteiger partial charge in [0.15, 0.2) is 0 Å². The van der Waals surface area contributed by atoms with Crippen LogP contribution in [0.2, 0.25) is 0 Å². The van der Waals surface area contributed by atoms with Gasteiger partial charge in [0.2, 0.25) is 5.13 Å². The van der Waals surface area contributed by atoms with Crippen molar-refractivity contribution in [3.05, 3.63) is 65.0 Å². The molecule has 0 bridgehead atoms. The van der Waals surface area contributed by atoms with Gasteiger partial charge in [-0.05, 0) is 19.1 Å². The number of thiazole rings is 1. The Morgan fingerprint density at radius 1 is 1.09 bits per heavy atom. The molecule has 2 aromatic carbocycles. The molecule has 0 aliphatic carbocycles. The highest BCUT2D eigenvalue weighted by atomic mass is 32.1. The zero-order valence-electron chi connectivity index (χ0n) is 13.0. The number of benzene rings is 2. The van der Waals surface area contributed by atoms with Gasteiger partial charge in [-0.25, -0.2) is 4.98 Å². The Morgan fingerprint density at radius 2 is 1.83 bits per heavy atom. The number of rotatable bonds is 5. The van der Waals surface area contributed by atoms with Crippen LogP contribution in [0.15, 0.2) is 59.7 Å². The first-order valence-corrected chi connectivity index (χ1v) is 8.04. The lowest BCUT2D eigenvalue weighted by molar-refractivity contribution is 0.414. The predicted octanol–water partition coefficient (Wildman–Crippen LogP) is 4.57. The maximum absolute atomic E-state index is 5.30. The first-order valence-electron chi connectivity index (χ1n) is 7.23. The van der Waals surface area contributed by atoms with E-state index in [4.69, 9.17) is 4.74 Å². The van der Waals surface area contributed by atoms with E-state index in [1.165, 1.54) is 0 Å². The van der Waals surface area contributed by atoms with Crippen molar-refractivity contribution in [1.82, 2.24) is 4.98 Å². The summed E-state index contributed by atoms with van der Waals surface area (Å²) in [6, 6.07) is 17.9. The number of nitrogens with one attached hydrogen (secondary N) is 1. The van der Waals surface area contributed by atoms with Gasteiger partial charge < -0.3 is 4.74 Å². The molecular weight excluding hydrogens is 306 g/mol. The molecule has 0 spiro atoms. The molecule has 0 aliphatic rings. The highest BCUT2D eigenvalue weighted by Gasteiger charge is 2.08. The van der Waals surface area contributed by atoms with Crippen molar-refractivity contribution in [1.29, 1.82) is 0 Å². The van der Waals surface area contributed by atoms with Gasteiger partial charge in [0.25, 0.3) is 0 Å². The van der Waals surface area contributed by atoms with Crippen molar-refractivity contribution in [3.63, 3.8) is 0 Å². The Morgan fingerprint density at radius 3 is 2.61 bits per heavy atom. The summed E-state index contributed by atoms with van der Waals surface area (Å²) in [6.07, 6.45) is 1.73. The van der Waals surface area contributed by atoms with Crippen molar-refractivity contribution in [2.75, 3.05) is 12.5 Å². The number of anilines is 1. The topological polar surface area (TPSA) is 46.5 Å². The van der Waals surface area contributed by atoms with Crippen LogP contribution in [0.4, 0.5) is 5.13 Å². The van der Waals surface area contributed by atoms with Gasteiger partial charge in [0, 0.05) is 16.0 Å². The van der Waals surface area contributed by atoms with E-state index < -0.39 is 0 Å². The second-order valence-electron chi connectivity index (χ2n) is 4.90. The summed E-state index contributed by atoms with van der Waals surface area (Å²) in [5.41, 5.74) is 6.02. The van der Waals surface area contributed by atoms with E-state index in [0.29, 0.717) is 0 Å². The fraction of sp³-hybridized carbons (Fsp3) is 0.111. The van der Waals surface area contributed by atoms with Gasteiger partial charge in [-0.2, -0.15) is 5.10 Å². The zero-order chi connectivity index (χ0) is 16.1. The molecule has 0 unspecified atom stereocenters. The van der Waals surface area contributed by atoms with Crippen LogP contribution in [0.3, 0.4) is 0 Å². The van der Waals surface area contributed by atoms with E-state index in [-0.39, 0.29) is 0 Å². The minimum Gasteiger partial charge on any atom is -0.496 e. The number of aryl methyl sites for hydroxylation is 1. The molecule has 1 heterocycles. The van der Waals surface area contributed by atoms with Gasteiger partial charge in [-0.3, -0.25) is 5.43 Å². The average Bonchev–Trinajstić information content (AvgIpc) is 2.97. The van der Waals surface area contributed by atoms with Crippen molar-refractivity contribution < 1.29 is 4.74 Å². The monoisotopic (exact) mass is 323 g/mol. The Balaban J connectivity index is 1.76. The summed E-state index contributed by atoms with van der Waals surface area (Å²) in [5.74, 6) is 0.790. The van der Waals surface area contributed by atoms with Crippen LogP contribution in [0.1, 0.15) is 10.4 Å². The van der Waals surface area contributed by atoms with Crippen molar-refractivity contribution in [2.45, 2.75) is 6.92 Å². The van der Waals surface area contributed by atoms with Crippen molar-refractivity contribution in [2.24, 2.45) is 5.10 Å². The second-order valence-corrected chi connectivity index (χ2v) is 6.10. The van der Waals surface area contributed by atoms with E-state index in [0.717, 1.165) is 32.6 Å². The third kappa shape index (κ3) is 3.57. The highest BCUT2D eigenvalue weighted by molar-refractivity contribution is 7.15. The second kappa shape index (κ2) is 7.07. The normalized spacial score (nSPS) is 10.9. The summed E-state index contributed by atoms with van der Waals surface area (Å²) in [7, 11) is 1.65. The van der Waals surface area contributed by atoms with Gasteiger partial charge in [0.1, 0.15) is 5.75 Å². The van der Waals surface area contributed by atoms with E-state index >= 15 is 0 Å². The summed E-state index contributed by atoms with van der Waals surface area (Å²) >= 11 is 1.59. The standard InChI is InChI=1S/C18H17N3OS/c1-13-17(14-8-4-3-5-9-14)20-18(23-13)21-19-12-15-10-6-7-11-16(15)22-2/h3-12H,1-2H3,(H,20,21)/b19-12+. The molecule has 0 radical (unpaired) electrons. The molecular formula is C18H17N3OS. The third-order valence-electron chi connectivity index (χ3n) is 3.35. The van der Waals surface area contributed by atoms with E-state index in [1.807, 2.05) is 42.5 Å². The van der Waals surface area contributed by atoms with E-state index in [2.05, 4.69) is 34.6 Å². The molecule has 0 fully saturated rings. The van der Waals surface area contributed by atoms with Gasteiger partial charge >= 0.3 is 0 Å². The summed E-state index contributed by atoms with van der Waals surface area (Å²) < 4.78 is 5.30. The molecule has 0 atom stereocenters. The molecule has 5 heteroatoms. The smallest absolute Gasteiger partial charge is 0.204 e. The van der Waals surface area contributed by atoms with Crippen LogP contribution in [0.25, 0.3) is 11.3 Å². The number of aromatic nitrogens is 1. The number of hydrogen-bond donors (Lipinski definition) is 1. The average molecular weight is 323 g/mol. The predicted molar refractivity (Wildman–Crippen MR) is 96.5 cm³/mol. The fourth-order valence-corrected chi connectivity index (χ4v) is 3.02. The molecule has 116 valence electrons. The van der Waals surface area contributed by atoms with E-state index in [9.17, 15) is 0 Å². The first kappa shape index (κ1) is 15.2. The maximum atomic E-state index is 5.30. The Kier molecular flexibility index (Phi) is 4.68. The minimum absolute atomic E-state index is 0.771. The largest absolute Gasteiger partial charge is 0.496 e. The lowest BCUT2D eigenvalue weighted by Gasteiger charge is -2.02. The molecule has 4 nitrogen and oxygen atoms in total. The molecule has 23 heavy (non-hydrogen) atoms. The first-order chi connectivity index (χ1) is 11.3. The van der Waals surface area contributed by atoms with Gasteiger partial charge in [-0.15, -0.1) is 11.3 Å². The van der Waals surface area contributed by atoms with Gasteiger partial charge in [0.05, 0.1) is 19.0 Å². The summed E-state index contributed by atoms with van der Waals surface area (Å²) in [6.45, 7) is 2.06. The lowest BCUT2D eigenvalue weighted by Crippen LogP contribution is -1.93. The van der Waals surface area contributed by atoms with E-state index in [1.54, 1.807) is 24.7 Å². The maximum Gasteiger partial charge on any atom is 0.204 e. The van der Waals surface area contributed by atoms with Gasteiger partial charge in [-0.1, -0.05) is 42.5 Å². The van der Waals surface area contributed by atoms with Crippen molar-refractivity contribution >= 4 is 22.7 Å². The number of para-hydroxylation sites is 1. The molecule has 0 saturated carbocycles. The lowest BCUT2D eigenvalue weighted by atomic mass is 10.1. The number of hydrazone groups is 1. The Bertz CT molecular complexity index is 812. The van der Waals surface area contributed by atoms with Crippen molar-refractivity contribution in [3.8, 4) is 17.0 Å². The van der Waals surface area contributed by atoms with Crippen LogP contribution in [-0.4, -0.2) is 18.3 Å². The third-order valence-corrected chi connectivity index (χ3v) is 4.22. The quantitative estimate of drug-likeness (QED) is 0.552. The molecule has 3 aromatic rings. The molecule has 0 saturated heterocycles. The molecule has 1 aromatic heterocycles. The highest BCUT2D eigenvalue weighted by Crippen LogP contribution is 2.30. The van der Waals surface area contributed by atoms with Crippen LogP contribution < -0.4 is 10.2 Å². The Hall–Kier alpha value is -2.66. The van der Waals surface area contributed by atoms with Crippen LogP contribution >= 0.6 is 11.3 Å². The summed E-state index contributed by atoms with van der Waals surface area (Å²) in [4.78, 5) is 5.77. The molecule has 1 N–H and O–H groups in total. The van der Waals surface area contributed by atoms with Crippen LogP contribution in [-0.2, 0) is 0 Å². The summed E-state index contributed by atoms with van der Waals surface area (Å²) in [5, 5.41) is 5.03. The molecule has 0 aliphatic heterocycles. The molecule has 0 amide bonds. The zero-order valence-corrected chi connectivity index (χ0v) is 13.8. The Labute approximate surface area is 139 Å². The van der Waals surface area contributed by atoms with Crippen LogP contribution in [0.5, 0.6) is 5.75 Å². The number of methoxy groups -OCH3 is 1. The number of nitrogens with zero attached hydrogens (tertiary/aromatic N) is 2. The number of ether oxygens (including phenoxy) is 1. The SMILES string of the molecule is COc1ccccc1/C=N/Nc1nc(-c2ccccc2)c(C)s1. The number of hydrogen-bond acceptors (Lipinski definition) is 5. The fourth-order valence-electron chi connectivity index (χ4n) is 2.24. The minimum atomic E-state index is 0.771. The van der Waals surface area contributed by atoms with Crippen LogP contribution in [0, 0.1) is 6.92 Å². The molecule has 3 rings (SSSR count).